The fourth-order valence-electron chi connectivity index (χ4n) is 3.04. The monoisotopic (exact) mass is 425 g/mol. The molecule has 0 aliphatic rings. The summed E-state index contributed by atoms with van der Waals surface area (Å²) in [6.07, 6.45) is 1.44. The number of ketones is 1. The maximum absolute atomic E-state index is 12.9. The van der Waals surface area contributed by atoms with Crippen molar-refractivity contribution >= 4 is 34.4 Å². The number of hydrogen-bond donors (Lipinski definition) is 1. The van der Waals surface area contributed by atoms with E-state index >= 15 is 0 Å². The molecule has 0 spiro atoms. The van der Waals surface area contributed by atoms with E-state index in [1.54, 1.807) is 27.0 Å². The van der Waals surface area contributed by atoms with Crippen LogP contribution in [0, 0.1) is 0 Å². The summed E-state index contributed by atoms with van der Waals surface area (Å²) in [5.74, 6) is 1.65. The third-order valence-corrected chi connectivity index (χ3v) is 5.38. The standard InChI is InChI=1S/C24H27NO4S/c1-24(2,3)29-23(27)25-21(22(26)16-30-15-20-9-6-12-28-20)14-17-10-11-18-7-4-5-8-19(18)13-17/h4-13,21H,14-16H2,1-3H3,(H,25,27)/t21-/m0/s1. The number of ether oxygens (including phenoxy) is 1. The van der Waals surface area contributed by atoms with Crippen molar-refractivity contribution in [1.82, 2.24) is 5.32 Å². The molecule has 0 saturated heterocycles. The van der Waals surface area contributed by atoms with E-state index in [4.69, 9.17) is 9.15 Å². The maximum Gasteiger partial charge on any atom is 0.408 e. The van der Waals surface area contributed by atoms with Crippen LogP contribution < -0.4 is 5.32 Å². The van der Waals surface area contributed by atoms with Gasteiger partial charge in [0.25, 0.3) is 0 Å². The van der Waals surface area contributed by atoms with Crippen molar-refractivity contribution in [3.8, 4) is 0 Å². The zero-order valence-electron chi connectivity index (χ0n) is 17.5. The Bertz CT molecular complexity index is 992. The van der Waals surface area contributed by atoms with Gasteiger partial charge in [0.1, 0.15) is 11.4 Å². The van der Waals surface area contributed by atoms with Crippen molar-refractivity contribution in [2.75, 3.05) is 5.75 Å². The van der Waals surface area contributed by atoms with Crippen LogP contribution in [-0.2, 0) is 21.7 Å². The SMILES string of the molecule is CC(C)(C)OC(=O)N[C@@H](Cc1ccc2ccccc2c1)C(=O)CSCc1ccco1. The molecule has 0 saturated carbocycles. The van der Waals surface area contributed by atoms with Crippen LogP contribution in [0.1, 0.15) is 32.1 Å². The van der Waals surface area contributed by atoms with Gasteiger partial charge in [0.2, 0.25) is 0 Å². The van der Waals surface area contributed by atoms with Gasteiger partial charge in [-0.1, -0.05) is 42.5 Å². The fourth-order valence-corrected chi connectivity index (χ4v) is 3.91. The number of benzene rings is 2. The van der Waals surface area contributed by atoms with Crippen LogP contribution in [0.25, 0.3) is 10.8 Å². The lowest BCUT2D eigenvalue weighted by molar-refractivity contribution is -0.118. The van der Waals surface area contributed by atoms with Crippen LogP contribution in [0.15, 0.2) is 65.3 Å². The minimum Gasteiger partial charge on any atom is -0.468 e. The second-order valence-corrected chi connectivity index (χ2v) is 9.11. The van der Waals surface area contributed by atoms with E-state index in [2.05, 4.69) is 11.4 Å². The van der Waals surface area contributed by atoms with Crippen molar-refractivity contribution in [3.63, 3.8) is 0 Å². The van der Waals surface area contributed by atoms with Crippen LogP contribution in [0.2, 0.25) is 0 Å². The molecule has 0 aliphatic carbocycles. The highest BCUT2D eigenvalue weighted by molar-refractivity contribution is 7.99. The molecule has 3 aromatic rings. The molecule has 0 unspecified atom stereocenters. The number of rotatable bonds is 8. The molecule has 2 aromatic carbocycles. The van der Waals surface area contributed by atoms with E-state index in [0.29, 0.717) is 12.2 Å². The molecule has 6 heteroatoms. The van der Waals surface area contributed by atoms with Crippen molar-refractivity contribution in [2.45, 2.75) is 44.6 Å². The van der Waals surface area contributed by atoms with E-state index in [0.717, 1.165) is 22.1 Å². The Labute approximate surface area is 181 Å². The molecule has 30 heavy (non-hydrogen) atoms. The number of carbonyl (C=O) groups excluding carboxylic acids is 2. The molecule has 0 aliphatic heterocycles. The van der Waals surface area contributed by atoms with Gasteiger partial charge in [-0.25, -0.2) is 4.79 Å². The smallest absolute Gasteiger partial charge is 0.408 e. The zero-order valence-corrected chi connectivity index (χ0v) is 18.3. The van der Waals surface area contributed by atoms with Gasteiger partial charge in [-0.2, -0.15) is 0 Å². The van der Waals surface area contributed by atoms with Gasteiger partial charge in [0.05, 0.1) is 23.8 Å². The lowest BCUT2D eigenvalue weighted by atomic mass is 10.00. The summed E-state index contributed by atoms with van der Waals surface area (Å²) < 4.78 is 10.7. The van der Waals surface area contributed by atoms with E-state index in [9.17, 15) is 9.59 Å². The van der Waals surface area contributed by atoms with Gasteiger partial charge in [-0.05, 0) is 55.7 Å². The van der Waals surface area contributed by atoms with E-state index < -0.39 is 17.7 Å². The van der Waals surface area contributed by atoms with Crippen LogP contribution in [-0.4, -0.2) is 29.3 Å². The summed E-state index contributed by atoms with van der Waals surface area (Å²) in [5, 5.41) is 5.01. The first-order chi connectivity index (χ1) is 14.3. The summed E-state index contributed by atoms with van der Waals surface area (Å²) in [7, 11) is 0. The van der Waals surface area contributed by atoms with Gasteiger partial charge >= 0.3 is 6.09 Å². The maximum atomic E-state index is 12.9. The number of nitrogens with one attached hydrogen (secondary N) is 1. The predicted octanol–water partition coefficient (Wildman–Crippen LogP) is 5.37. The van der Waals surface area contributed by atoms with Crippen molar-refractivity contribution < 1.29 is 18.7 Å². The average Bonchev–Trinajstić information content (AvgIpc) is 3.19. The quantitative estimate of drug-likeness (QED) is 0.525. The molecule has 0 fully saturated rings. The third kappa shape index (κ3) is 6.66. The summed E-state index contributed by atoms with van der Waals surface area (Å²) in [5.41, 5.74) is 0.355. The third-order valence-electron chi connectivity index (χ3n) is 4.40. The number of thioether (sulfide) groups is 1. The molecule has 0 bridgehead atoms. The molecule has 1 aromatic heterocycles. The molecular weight excluding hydrogens is 398 g/mol. The summed E-state index contributed by atoms with van der Waals surface area (Å²) in [6, 6.07) is 17.2. The summed E-state index contributed by atoms with van der Waals surface area (Å²) in [4.78, 5) is 25.2. The van der Waals surface area contributed by atoms with Crippen molar-refractivity contribution in [3.05, 3.63) is 72.2 Å². The minimum atomic E-state index is -0.662. The number of carbonyl (C=O) groups is 2. The molecule has 158 valence electrons. The average molecular weight is 426 g/mol. The van der Waals surface area contributed by atoms with Gasteiger partial charge in [-0.15, -0.1) is 11.8 Å². The van der Waals surface area contributed by atoms with Crippen molar-refractivity contribution in [1.29, 1.82) is 0 Å². The molecule has 1 atom stereocenters. The Morgan fingerprint density at radius 1 is 1.07 bits per heavy atom. The van der Waals surface area contributed by atoms with Crippen LogP contribution in [0.5, 0.6) is 0 Å². The van der Waals surface area contributed by atoms with Gasteiger partial charge < -0.3 is 14.5 Å². The lowest BCUT2D eigenvalue weighted by Gasteiger charge is -2.23. The van der Waals surface area contributed by atoms with Gasteiger partial charge in [0, 0.05) is 0 Å². The Hall–Kier alpha value is -2.73. The molecule has 1 heterocycles. The number of hydrogen-bond acceptors (Lipinski definition) is 5. The number of furan rings is 1. The molecule has 1 amide bonds. The van der Waals surface area contributed by atoms with E-state index in [1.165, 1.54) is 11.8 Å². The largest absolute Gasteiger partial charge is 0.468 e. The molecule has 3 rings (SSSR count). The first-order valence-corrected chi connectivity index (χ1v) is 11.1. The second-order valence-electron chi connectivity index (χ2n) is 8.12. The van der Waals surface area contributed by atoms with E-state index in [1.807, 2.05) is 48.5 Å². The Kier molecular flexibility index (Phi) is 7.21. The highest BCUT2D eigenvalue weighted by Crippen LogP contribution is 2.19. The predicted molar refractivity (Wildman–Crippen MR) is 121 cm³/mol. The Balaban J connectivity index is 1.69. The topological polar surface area (TPSA) is 68.5 Å². The number of amides is 1. The molecule has 5 nitrogen and oxygen atoms in total. The number of alkyl carbamates (subject to hydrolysis) is 1. The highest BCUT2D eigenvalue weighted by Gasteiger charge is 2.24. The van der Waals surface area contributed by atoms with Crippen LogP contribution >= 0.6 is 11.8 Å². The number of fused-ring (bicyclic) bond motifs is 1. The van der Waals surface area contributed by atoms with Crippen LogP contribution in [0.4, 0.5) is 4.79 Å². The summed E-state index contributed by atoms with van der Waals surface area (Å²) >= 11 is 1.47. The van der Waals surface area contributed by atoms with Crippen LogP contribution in [0.3, 0.4) is 0 Å². The number of Topliss-reactive ketones (excluding diaryl/α,β-unsaturated/α-hetero) is 1. The normalized spacial score (nSPS) is 12.5. The molecular formula is C24H27NO4S. The minimum absolute atomic E-state index is 0.0504. The second kappa shape index (κ2) is 9.85. The summed E-state index contributed by atoms with van der Waals surface area (Å²) in [6.45, 7) is 5.39. The zero-order chi connectivity index (χ0) is 21.6. The molecule has 0 radical (unpaired) electrons. The lowest BCUT2D eigenvalue weighted by Crippen LogP contribution is -2.45. The van der Waals surface area contributed by atoms with E-state index in [-0.39, 0.29) is 11.5 Å². The first kappa shape index (κ1) is 22.0. The Morgan fingerprint density at radius 3 is 2.53 bits per heavy atom. The molecule has 1 N–H and O–H groups in total. The first-order valence-electron chi connectivity index (χ1n) is 9.90. The highest BCUT2D eigenvalue weighted by atomic mass is 32.2. The fraction of sp³-hybridized carbons (Fsp3) is 0.333. The van der Waals surface area contributed by atoms with Gasteiger partial charge in [0.15, 0.2) is 5.78 Å². The van der Waals surface area contributed by atoms with Gasteiger partial charge in [-0.3, -0.25) is 4.79 Å². The van der Waals surface area contributed by atoms with Crippen molar-refractivity contribution in [2.24, 2.45) is 0 Å². The Morgan fingerprint density at radius 2 is 1.83 bits per heavy atom.